The summed E-state index contributed by atoms with van der Waals surface area (Å²) < 4.78 is 5.65. The van der Waals surface area contributed by atoms with Crippen molar-refractivity contribution < 1.29 is 14.3 Å². The van der Waals surface area contributed by atoms with Crippen molar-refractivity contribution in [1.82, 2.24) is 4.90 Å². The third-order valence-electron chi connectivity index (χ3n) is 4.18. The number of hydrogen-bond acceptors (Lipinski definition) is 3. The van der Waals surface area contributed by atoms with E-state index in [0.717, 1.165) is 11.3 Å². The Balaban J connectivity index is 1.59. The van der Waals surface area contributed by atoms with Gasteiger partial charge in [-0.2, -0.15) is 0 Å². The zero-order valence-electron chi connectivity index (χ0n) is 14.2. The van der Waals surface area contributed by atoms with Gasteiger partial charge in [-0.15, -0.1) is 0 Å². The van der Waals surface area contributed by atoms with Crippen LogP contribution >= 0.6 is 23.2 Å². The lowest BCUT2D eigenvalue weighted by atomic mass is 9.95. The molecule has 136 valence electrons. The Kier molecular flexibility index (Phi) is 5.69. The van der Waals surface area contributed by atoms with Gasteiger partial charge in [0.2, 0.25) is 11.8 Å². The minimum Gasteiger partial charge on any atom is -0.492 e. The molecule has 0 saturated carbocycles. The largest absolute Gasteiger partial charge is 0.492 e. The number of para-hydroxylation sites is 1. The maximum absolute atomic E-state index is 12.7. The normalized spacial score (nSPS) is 15.6. The summed E-state index contributed by atoms with van der Waals surface area (Å²) in [4.78, 5) is 26.2. The number of hydrogen-bond donors (Lipinski definition) is 1. The van der Waals surface area contributed by atoms with E-state index in [1.807, 2.05) is 0 Å². The average molecular weight is 393 g/mol. The predicted molar refractivity (Wildman–Crippen MR) is 102 cm³/mol. The summed E-state index contributed by atoms with van der Waals surface area (Å²) in [7, 11) is 1.60. The number of anilines is 1. The number of fused-ring (bicyclic) bond motifs is 1. The number of amides is 2. The van der Waals surface area contributed by atoms with Gasteiger partial charge in [0.05, 0.1) is 23.2 Å². The van der Waals surface area contributed by atoms with Crippen molar-refractivity contribution in [2.45, 2.75) is 6.42 Å². The van der Waals surface area contributed by atoms with Crippen molar-refractivity contribution in [2.75, 3.05) is 25.5 Å². The molecule has 0 fully saturated rings. The Morgan fingerprint density at radius 3 is 2.77 bits per heavy atom. The fourth-order valence-electron chi connectivity index (χ4n) is 2.88. The zero-order valence-corrected chi connectivity index (χ0v) is 15.7. The van der Waals surface area contributed by atoms with Crippen molar-refractivity contribution >= 4 is 40.7 Å². The number of ether oxygens (including phenoxy) is 1. The second-order valence-corrected chi connectivity index (χ2v) is 7.03. The van der Waals surface area contributed by atoms with Gasteiger partial charge in [-0.1, -0.05) is 35.3 Å². The van der Waals surface area contributed by atoms with Crippen LogP contribution in [0.1, 0.15) is 5.56 Å². The lowest BCUT2D eigenvalue weighted by Gasteiger charge is -2.28. The monoisotopic (exact) mass is 392 g/mol. The van der Waals surface area contributed by atoms with Gasteiger partial charge in [-0.05, 0) is 42.3 Å². The van der Waals surface area contributed by atoms with E-state index >= 15 is 0 Å². The summed E-state index contributed by atoms with van der Waals surface area (Å²) >= 11 is 12.0. The van der Waals surface area contributed by atoms with Crippen LogP contribution in [0, 0.1) is 5.92 Å². The fraction of sp³-hybridized carbons (Fsp3) is 0.263. The Labute approximate surface area is 161 Å². The molecular weight excluding hydrogens is 375 g/mol. The predicted octanol–water partition coefficient (Wildman–Crippen LogP) is 3.64. The molecule has 5 nitrogen and oxygen atoms in total. The van der Waals surface area contributed by atoms with E-state index in [1.54, 1.807) is 49.5 Å². The Morgan fingerprint density at radius 2 is 2.00 bits per heavy atom. The first kappa shape index (κ1) is 18.5. The highest BCUT2D eigenvalue weighted by molar-refractivity contribution is 6.33. The summed E-state index contributed by atoms with van der Waals surface area (Å²) in [5.74, 6) is -0.0595. The number of likely N-dealkylation sites (N-methyl/N-ethyl adjacent to an activating group) is 1. The molecule has 0 bridgehead atoms. The molecular formula is C19H18Cl2N2O3. The summed E-state index contributed by atoms with van der Waals surface area (Å²) in [6, 6.07) is 12.3. The molecule has 1 heterocycles. The molecule has 0 spiro atoms. The van der Waals surface area contributed by atoms with Crippen LogP contribution in [0.2, 0.25) is 10.0 Å². The molecule has 7 heteroatoms. The van der Waals surface area contributed by atoms with Crippen molar-refractivity contribution in [3.8, 4) is 5.75 Å². The Hall–Kier alpha value is -2.24. The smallest absolute Gasteiger partial charge is 0.244 e. The van der Waals surface area contributed by atoms with Gasteiger partial charge in [0.15, 0.2) is 0 Å². The Morgan fingerprint density at radius 1 is 1.23 bits per heavy atom. The second-order valence-electron chi connectivity index (χ2n) is 6.19. The second kappa shape index (κ2) is 7.98. The zero-order chi connectivity index (χ0) is 18.7. The van der Waals surface area contributed by atoms with Crippen LogP contribution in [0.5, 0.6) is 5.75 Å². The van der Waals surface area contributed by atoms with E-state index in [1.165, 1.54) is 4.90 Å². The number of nitrogens with zero attached hydrogens (tertiary/aromatic N) is 1. The molecule has 1 atom stereocenters. The molecule has 2 aromatic carbocycles. The molecule has 0 aliphatic carbocycles. The van der Waals surface area contributed by atoms with Crippen LogP contribution in [0.4, 0.5) is 5.69 Å². The highest BCUT2D eigenvalue weighted by atomic mass is 35.5. The van der Waals surface area contributed by atoms with Gasteiger partial charge in [0.25, 0.3) is 0 Å². The van der Waals surface area contributed by atoms with Crippen molar-refractivity contribution in [2.24, 2.45) is 5.92 Å². The number of nitrogens with one attached hydrogen (secondary N) is 1. The molecule has 0 saturated heterocycles. The fourth-order valence-corrected chi connectivity index (χ4v) is 3.26. The number of carbonyl (C=O) groups is 2. The van der Waals surface area contributed by atoms with Gasteiger partial charge in [0, 0.05) is 12.1 Å². The quantitative estimate of drug-likeness (QED) is 0.863. The van der Waals surface area contributed by atoms with Gasteiger partial charge >= 0.3 is 0 Å². The SMILES string of the molecule is CN(CC(=O)Nc1ccccc1Cl)C(=O)[C@@H]1COc2ccc(Cl)cc2C1. The number of carbonyl (C=O) groups excluding carboxylic acids is 2. The highest BCUT2D eigenvalue weighted by Gasteiger charge is 2.29. The molecule has 0 unspecified atom stereocenters. The van der Waals surface area contributed by atoms with Crippen molar-refractivity contribution in [3.05, 3.63) is 58.1 Å². The molecule has 0 aromatic heterocycles. The van der Waals surface area contributed by atoms with Gasteiger partial charge in [-0.25, -0.2) is 0 Å². The van der Waals surface area contributed by atoms with Crippen molar-refractivity contribution in [1.29, 1.82) is 0 Å². The van der Waals surface area contributed by atoms with E-state index in [-0.39, 0.29) is 30.9 Å². The third kappa shape index (κ3) is 4.29. The van der Waals surface area contributed by atoms with E-state index in [2.05, 4.69) is 5.32 Å². The number of halogens is 2. The van der Waals surface area contributed by atoms with Crippen LogP contribution in [-0.4, -0.2) is 36.9 Å². The van der Waals surface area contributed by atoms with Crippen LogP contribution in [0.3, 0.4) is 0 Å². The van der Waals surface area contributed by atoms with E-state index in [0.29, 0.717) is 22.2 Å². The minimum atomic E-state index is -0.348. The number of benzene rings is 2. The van der Waals surface area contributed by atoms with E-state index < -0.39 is 0 Å². The maximum atomic E-state index is 12.7. The van der Waals surface area contributed by atoms with Crippen LogP contribution in [-0.2, 0) is 16.0 Å². The van der Waals surface area contributed by atoms with Crippen LogP contribution < -0.4 is 10.1 Å². The topological polar surface area (TPSA) is 58.6 Å². The molecule has 1 aliphatic heterocycles. The third-order valence-corrected chi connectivity index (χ3v) is 4.75. The maximum Gasteiger partial charge on any atom is 0.244 e. The summed E-state index contributed by atoms with van der Waals surface area (Å²) in [6.07, 6.45) is 0.533. The minimum absolute atomic E-state index is 0.0665. The van der Waals surface area contributed by atoms with Gasteiger partial charge in [0.1, 0.15) is 12.4 Å². The summed E-state index contributed by atoms with van der Waals surface area (Å²) in [5, 5.41) is 3.76. The van der Waals surface area contributed by atoms with Crippen LogP contribution in [0.25, 0.3) is 0 Å². The Bertz CT molecular complexity index is 841. The molecule has 1 N–H and O–H groups in total. The van der Waals surface area contributed by atoms with E-state index in [9.17, 15) is 9.59 Å². The molecule has 2 aromatic rings. The first-order chi connectivity index (χ1) is 12.4. The molecule has 2 amide bonds. The molecule has 0 radical (unpaired) electrons. The lowest BCUT2D eigenvalue weighted by Crippen LogP contribution is -2.42. The standard InChI is InChI=1S/C19H18Cl2N2O3/c1-23(10-18(24)22-16-5-3-2-4-15(16)21)19(25)13-8-12-9-14(20)6-7-17(12)26-11-13/h2-7,9,13H,8,10-11H2,1H3,(H,22,24)/t13-/m0/s1. The molecule has 26 heavy (non-hydrogen) atoms. The van der Waals surface area contributed by atoms with Crippen LogP contribution in [0.15, 0.2) is 42.5 Å². The summed E-state index contributed by atoms with van der Waals surface area (Å²) in [5.41, 5.74) is 1.42. The molecule has 1 aliphatic rings. The number of rotatable bonds is 4. The first-order valence-corrected chi connectivity index (χ1v) is 8.90. The highest BCUT2D eigenvalue weighted by Crippen LogP contribution is 2.30. The van der Waals surface area contributed by atoms with Crippen molar-refractivity contribution in [3.63, 3.8) is 0 Å². The molecule has 3 rings (SSSR count). The van der Waals surface area contributed by atoms with Gasteiger partial charge in [-0.3, -0.25) is 9.59 Å². The lowest BCUT2D eigenvalue weighted by molar-refractivity contribution is -0.138. The average Bonchev–Trinajstić information content (AvgIpc) is 2.62. The first-order valence-electron chi connectivity index (χ1n) is 8.14. The summed E-state index contributed by atoms with van der Waals surface area (Å²) in [6.45, 7) is 0.215. The van der Waals surface area contributed by atoms with Gasteiger partial charge < -0.3 is 15.0 Å². The van der Waals surface area contributed by atoms with E-state index in [4.69, 9.17) is 27.9 Å².